The van der Waals surface area contributed by atoms with Crippen LogP contribution in [0.15, 0.2) is 42.5 Å². The van der Waals surface area contributed by atoms with Crippen molar-refractivity contribution in [2.75, 3.05) is 17.2 Å². The molecule has 2 aromatic carbocycles. The highest BCUT2D eigenvalue weighted by atomic mass is 35.5. The summed E-state index contributed by atoms with van der Waals surface area (Å²) in [5.41, 5.74) is 1.37. The Morgan fingerprint density at radius 3 is 2.33 bits per heavy atom. The lowest BCUT2D eigenvalue weighted by atomic mass is 10.1. The Kier molecular flexibility index (Phi) is 9.35. The summed E-state index contributed by atoms with van der Waals surface area (Å²) in [5, 5.41) is 5.75. The standard InChI is InChI=1S/C23H27ClN2O4/c1-3-4-5-14-30-19-9-6-17(7-10-19)22(28)12-13-23(29)26-21-15-18(24)8-11-20(21)25-16(2)27/h6-11,15H,3-5,12-14H2,1-2H3,(H,25,27)(H,26,29). The van der Waals surface area contributed by atoms with Gasteiger partial charge in [-0.1, -0.05) is 31.4 Å². The minimum absolute atomic E-state index is 0.0140. The SMILES string of the molecule is CCCCCOc1ccc(C(=O)CCC(=O)Nc2cc(Cl)ccc2NC(C)=O)cc1. The lowest BCUT2D eigenvalue weighted by Crippen LogP contribution is -2.16. The first-order chi connectivity index (χ1) is 14.4. The van der Waals surface area contributed by atoms with Crippen LogP contribution in [0.1, 0.15) is 56.3 Å². The summed E-state index contributed by atoms with van der Waals surface area (Å²) < 4.78 is 5.64. The molecule has 0 radical (unpaired) electrons. The zero-order valence-corrected chi connectivity index (χ0v) is 18.1. The summed E-state index contributed by atoms with van der Waals surface area (Å²) in [4.78, 5) is 36.0. The van der Waals surface area contributed by atoms with Crippen molar-refractivity contribution in [3.8, 4) is 5.75 Å². The van der Waals surface area contributed by atoms with Crippen molar-refractivity contribution in [3.05, 3.63) is 53.1 Å². The quantitative estimate of drug-likeness (QED) is 0.365. The number of Topliss-reactive ketones (excluding diaryl/α,β-unsaturated/α-hetero) is 1. The number of hydrogen-bond donors (Lipinski definition) is 2. The summed E-state index contributed by atoms with van der Waals surface area (Å²) in [6.07, 6.45) is 3.34. The Labute approximate surface area is 182 Å². The Bertz CT molecular complexity index is 881. The molecule has 0 saturated carbocycles. The van der Waals surface area contributed by atoms with Crippen LogP contribution in [0, 0.1) is 0 Å². The summed E-state index contributed by atoms with van der Waals surface area (Å²) in [5.74, 6) is -0.00315. The van der Waals surface area contributed by atoms with Gasteiger partial charge in [-0.05, 0) is 48.9 Å². The first kappa shape index (κ1) is 23.4. The van der Waals surface area contributed by atoms with Crippen LogP contribution >= 0.6 is 11.6 Å². The lowest BCUT2D eigenvalue weighted by Gasteiger charge is -2.12. The molecule has 7 heteroatoms. The summed E-state index contributed by atoms with van der Waals surface area (Å²) in [6, 6.07) is 11.7. The molecule has 0 unspecified atom stereocenters. The van der Waals surface area contributed by atoms with Gasteiger partial charge in [0.05, 0.1) is 18.0 Å². The van der Waals surface area contributed by atoms with Crippen LogP contribution in [-0.4, -0.2) is 24.2 Å². The van der Waals surface area contributed by atoms with Gasteiger partial charge in [0.2, 0.25) is 11.8 Å². The molecule has 0 atom stereocenters. The number of ketones is 1. The van der Waals surface area contributed by atoms with E-state index in [1.54, 1.807) is 42.5 Å². The zero-order valence-electron chi connectivity index (χ0n) is 17.3. The van der Waals surface area contributed by atoms with E-state index in [1.807, 2.05) is 0 Å². The molecule has 2 N–H and O–H groups in total. The van der Waals surface area contributed by atoms with Gasteiger partial charge < -0.3 is 15.4 Å². The number of carbonyl (C=O) groups is 3. The van der Waals surface area contributed by atoms with Crippen molar-refractivity contribution in [3.63, 3.8) is 0 Å². The van der Waals surface area contributed by atoms with Crippen LogP contribution in [0.3, 0.4) is 0 Å². The second kappa shape index (κ2) is 12.0. The monoisotopic (exact) mass is 430 g/mol. The Morgan fingerprint density at radius 2 is 1.67 bits per heavy atom. The van der Waals surface area contributed by atoms with E-state index < -0.39 is 0 Å². The maximum Gasteiger partial charge on any atom is 0.224 e. The van der Waals surface area contributed by atoms with E-state index in [0.29, 0.717) is 28.6 Å². The van der Waals surface area contributed by atoms with Crippen LogP contribution in [0.2, 0.25) is 5.02 Å². The van der Waals surface area contributed by atoms with Crippen LogP contribution in [0.5, 0.6) is 5.75 Å². The molecule has 160 valence electrons. The first-order valence-electron chi connectivity index (χ1n) is 10.0. The lowest BCUT2D eigenvalue weighted by molar-refractivity contribution is -0.116. The molecular weight excluding hydrogens is 404 g/mol. The van der Waals surface area contributed by atoms with Crippen molar-refractivity contribution in [2.24, 2.45) is 0 Å². The molecule has 2 amide bonds. The van der Waals surface area contributed by atoms with E-state index in [1.165, 1.54) is 6.92 Å². The van der Waals surface area contributed by atoms with Gasteiger partial charge in [-0.2, -0.15) is 0 Å². The second-order valence-corrected chi connectivity index (χ2v) is 7.36. The number of anilines is 2. The Hall–Kier alpha value is -2.86. The topological polar surface area (TPSA) is 84.5 Å². The third-order valence-electron chi connectivity index (χ3n) is 4.34. The fourth-order valence-electron chi connectivity index (χ4n) is 2.78. The van der Waals surface area contributed by atoms with Crippen molar-refractivity contribution < 1.29 is 19.1 Å². The summed E-state index contributed by atoms with van der Waals surface area (Å²) in [6.45, 7) is 4.17. The number of ether oxygens (including phenoxy) is 1. The zero-order chi connectivity index (χ0) is 21.9. The highest BCUT2D eigenvalue weighted by Gasteiger charge is 2.12. The third-order valence-corrected chi connectivity index (χ3v) is 4.57. The van der Waals surface area contributed by atoms with Gasteiger partial charge in [0, 0.05) is 30.4 Å². The van der Waals surface area contributed by atoms with Gasteiger partial charge in [0.1, 0.15) is 5.75 Å². The number of amides is 2. The minimum Gasteiger partial charge on any atom is -0.494 e. The molecule has 0 aliphatic heterocycles. The molecule has 2 rings (SSSR count). The van der Waals surface area contributed by atoms with Crippen LogP contribution in [0.25, 0.3) is 0 Å². The number of hydrogen-bond acceptors (Lipinski definition) is 4. The molecule has 0 aliphatic carbocycles. The van der Waals surface area contributed by atoms with Gasteiger partial charge in [0.25, 0.3) is 0 Å². The molecule has 2 aromatic rings. The van der Waals surface area contributed by atoms with Gasteiger partial charge in [0.15, 0.2) is 5.78 Å². The number of benzene rings is 2. The van der Waals surface area contributed by atoms with Gasteiger partial charge in [-0.3, -0.25) is 14.4 Å². The Balaban J connectivity index is 1.87. The van der Waals surface area contributed by atoms with Crippen LogP contribution < -0.4 is 15.4 Å². The van der Waals surface area contributed by atoms with Crippen molar-refractivity contribution in [2.45, 2.75) is 46.0 Å². The highest BCUT2D eigenvalue weighted by molar-refractivity contribution is 6.31. The molecular formula is C23H27ClN2O4. The van der Waals surface area contributed by atoms with E-state index in [0.717, 1.165) is 25.0 Å². The second-order valence-electron chi connectivity index (χ2n) is 6.92. The van der Waals surface area contributed by atoms with E-state index in [-0.39, 0.29) is 30.4 Å². The number of carbonyl (C=O) groups excluding carboxylic acids is 3. The van der Waals surface area contributed by atoms with Crippen molar-refractivity contribution >= 4 is 40.6 Å². The molecule has 0 fully saturated rings. The molecule has 30 heavy (non-hydrogen) atoms. The van der Waals surface area contributed by atoms with Crippen LogP contribution in [0.4, 0.5) is 11.4 Å². The largest absolute Gasteiger partial charge is 0.494 e. The number of halogens is 1. The van der Waals surface area contributed by atoms with Gasteiger partial charge >= 0.3 is 0 Å². The molecule has 0 aromatic heterocycles. The molecule has 0 bridgehead atoms. The first-order valence-corrected chi connectivity index (χ1v) is 10.4. The number of nitrogens with one attached hydrogen (secondary N) is 2. The average molecular weight is 431 g/mol. The van der Waals surface area contributed by atoms with E-state index in [2.05, 4.69) is 17.6 Å². The fraction of sp³-hybridized carbons (Fsp3) is 0.348. The maximum atomic E-state index is 12.4. The summed E-state index contributed by atoms with van der Waals surface area (Å²) in [7, 11) is 0. The van der Waals surface area contributed by atoms with E-state index in [4.69, 9.17) is 16.3 Å². The number of rotatable bonds is 11. The van der Waals surface area contributed by atoms with Crippen LogP contribution in [-0.2, 0) is 9.59 Å². The summed E-state index contributed by atoms with van der Waals surface area (Å²) >= 11 is 5.98. The predicted molar refractivity (Wildman–Crippen MR) is 119 cm³/mol. The fourth-order valence-corrected chi connectivity index (χ4v) is 2.95. The van der Waals surface area contributed by atoms with E-state index >= 15 is 0 Å². The molecule has 0 saturated heterocycles. The molecule has 0 aliphatic rings. The minimum atomic E-state index is -0.340. The number of unbranched alkanes of at least 4 members (excludes halogenated alkanes) is 2. The predicted octanol–water partition coefficient (Wildman–Crippen LogP) is 5.47. The smallest absolute Gasteiger partial charge is 0.224 e. The Morgan fingerprint density at radius 1 is 0.933 bits per heavy atom. The molecule has 0 heterocycles. The van der Waals surface area contributed by atoms with E-state index in [9.17, 15) is 14.4 Å². The third kappa shape index (κ3) is 7.87. The molecule has 6 nitrogen and oxygen atoms in total. The van der Waals surface area contributed by atoms with Gasteiger partial charge in [-0.25, -0.2) is 0 Å². The highest BCUT2D eigenvalue weighted by Crippen LogP contribution is 2.26. The molecule has 0 spiro atoms. The van der Waals surface area contributed by atoms with Crippen molar-refractivity contribution in [1.29, 1.82) is 0 Å². The van der Waals surface area contributed by atoms with Crippen molar-refractivity contribution in [1.82, 2.24) is 0 Å². The average Bonchev–Trinajstić information content (AvgIpc) is 2.71. The normalized spacial score (nSPS) is 10.4. The maximum absolute atomic E-state index is 12.4. The van der Waals surface area contributed by atoms with Gasteiger partial charge in [-0.15, -0.1) is 0 Å².